The zero-order chi connectivity index (χ0) is 15.6. The predicted octanol–water partition coefficient (Wildman–Crippen LogP) is 1.79. The van der Waals surface area contributed by atoms with E-state index in [1.807, 2.05) is 25.1 Å². The van der Waals surface area contributed by atoms with Crippen LogP contribution in [0.2, 0.25) is 0 Å². The number of halogens is 1. The van der Waals surface area contributed by atoms with E-state index in [2.05, 4.69) is 11.4 Å². The Morgan fingerprint density at radius 2 is 2.04 bits per heavy atom. The van der Waals surface area contributed by atoms with Crippen molar-refractivity contribution < 1.29 is 8.42 Å². The average Bonchev–Trinajstić information content (AvgIpc) is 3.06. The van der Waals surface area contributed by atoms with E-state index < -0.39 is 10.2 Å². The van der Waals surface area contributed by atoms with E-state index in [9.17, 15) is 8.42 Å². The second-order valence-corrected chi connectivity index (χ2v) is 8.00. The molecule has 5 nitrogen and oxygen atoms in total. The fraction of sp³-hybridized carbons (Fsp3) is 0.625. The van der Waals surface area contributed by atoms with Crippen LogP contribution in [-0.4, -0.2) is 49.2 Å². The highest BCUT2D eigenvalue weighted by Gasteiger charge is 2.36. The van der Waals surface area contributed by atoms with Crippen LogP contribution in [0.25, 0.3) is 0 Å². The number of benzene rings is 1. The average molecular weight is 360 g/mol. The van der Waals surface area contributed by atoms with Crippen LogP contribution in [0.4, 0.5) is 0 Å². The summed E-state index contributed by atoms with van der Waals surface area (Å²) in [6.45, 7) is 5.40. The van der Waals surface area contributed by atoms with Gasteiger partial charge in [-0.25, -0.2) is 0 Å². The quantitative estimate of drug-likeness (QED) is 0.872. The van der Waals surface area contributed by atoms with Crippen LogP contribution in [0.5, 0.6) is 0 Å². The van der Waals surface area contributed by atoms with Crippen molar-refractivity contribution in [2.45, 2.75) is 38.8 Å². The Hall–Kier alpha value is -0.660. The minimum atomic E-state index is -3.39. The largest absolute Gasteiger partial charge is 0.315 e. The van der Waals surface area contributed by atoms with Gasteiger partial charge < -0.3 is 5.32 Å². The summed E-state index contributed by atoms with van der Waals surface area (Å²) < 4.78 is 29.6. The monoisotopic (exact) mass is 359 g/mol. The Morgan fingerprint density at radius 3 is 2.70 bits per heavy atom. The second-order valence-electron chi connectivity index (χ2n) is 6.12. The molecule has 0 saturated carbocycles. The maximum absolute atomic E-state index is 13.1. The molecule has 1 N–H and O–H groups in total. The fourth-order valence-corrected chi connectivity index (χ4v) is 5.30. The maximum Gasteiger partial charge on any atom is 0.282 e. The maximum atomic E-state index is 13.1. The third-order valence-corrected chi connectivity index (χ3v) is 6.64. The smallest absolute Gasteiger partial charge is 0.282 e. The van der Waals surface area contributed by atoms with Gasteiger partial charge in [-0.15, -0.1) is 12.4 Å². The third-order valence-electron chi connectivity index (χ3n) is 4.60. The first-order valence-corrected chi connectivity index (χ1v) is 9.57. The Labute approximate surface area is 145 Å². The molecule has 23 heavy (non-hydrogen) atoms. The van der Waals surface area contributed by atoms with Gasteiger partial charge in [0.15, 0.2) is 0 Å². The molecule has 0 spiro atoms. The lowest BCUT2D eigenvalue weighted by molar-refractivity contribution is 0.284. The fourth-order valence-electron chi connectivity index (χ4n) is 3.41. The Kier molecular flexibility index (Phi) is 6.45. The van der Waals surface area contributed by atoms with Gasteiger partial charge in [-0.3, -0.25) is 0 Å². The predicted molar refractivity (Wildman–Crippen MR) is 95.0 cm³/mol. The molecular formula is C16H26ClN3O2S. The molecule has 0 bridgehead atoms. The number of rotatable bonds is 5. The molecule has 7 heteroatoms. The van der Waals surface area contributed by atoms with Crippen molar-refractivity contribution in [3.05, 3.63) is 35.4 Å². The van der Waals surface area contributed by atoms with Crippen molar-refractivity contribution >= 4 is 22.6 Å². The summed E-state index contributed by atoms with van der Waals surface area (Å²) >= 11 is 0. The normalized spacial score (nSPS) is 21.9. The molecule has 0 radical (unpaired) electrons. The second kappa shape index (κ2) is 7.94. The van der Waals surface area contributed by atoms with Crippen LogP contribution >= 0.6 is 12.4 Å². The molecule has 130 valence electrons. The molecule has 2 aliphatic heterocycles. The summed E-state index contributed by atoms with van der Waals surface area (Å²) in [6.07, 6.45) is 2.56. The van der Waals surface area contributed by atoms with Crippen LogP contribution in [0.3, 0.4) is 0 Å². The number of nitrogens with one attached hydrogen (secondary N) is 1. The Morgan fingerprint density at radius 1 is 1.30 bits per heavy atom. The highest BCUT2D eigenvalue weighted by Crippen LogP contribution is 2.25. The zero-order valence-electron chi connectivity index (χ0n) is 13.6. The summed E-state index contributed by atoms with van der Waals surface area (Å²) in [6, 6.07) is 8.25. The van der Waals surface area contributed by atoms with Gasteiger partial charge in [-0.2, -0.15) is 17.0 Å². The van der Waals surface area contributed by atoms with Crippen LogP contribution in [-0.2, 0) is 23.2 Å². The molecule has 2 heterocycles. The van der Waals surface area contributed by atoms with Crippen LogP contribution in [0.15, 0.2) is 24.3 Å². The van der Waals surface area contributed by atoms with Crippen LogP contribution in [0.1, 0.15) is 30.9 Å². The number of nitrogens with zero attached hydrogens (tertiary/aromatic N) is 2. The molecule has 1 atom stereocenters. The van der Waals surface area contributed by atoms with Crippen LogP contribution in [0, 0.1) is 0 Å². The van der Waals surface area contributed by atoms with Gasteiger partial charge in [-0.1, -0.05) is 31.2 Å². The zero-order valence-corrected chi connectivity index (χ0v) is 15.2. The van der Waals surface area contributed by atoms with Gasteiger partial charge in [0.2, 0.25) is 0 Å². The lowest BCUT2D eigenvalue weighted by Crippen LogP contribution is -2.50. The highest BCUT2D eigenvalue weighted by molar-refractivity contribution is 7.86. The summed E-state index contributed by atoms with van der Waals surface area (Å²) in [5.74, 6) is 0. The Balaban J connectivity index is 0.00000192. The van der Waals surface area contributed by atoms with Crippen molar-refractivity contribution in [3.63, 3.8) is 0 Å². The summed E-state index contributed by atoms with van der Waals surface area (Å²) in [7, 11) is -3.39. The molecule has 1 saturated heterocycles. The van der Waals surface area contributed by atoms with E-state index in [1.54, 1.807) is 8.61 Å². The minimum Gasteiger partial charge on any atom is -0.315 e. The molecule has 0 amide bonds. The molecule has 1 aromatic carbocycles. The molecule has 0 aromatic heterocycles. The van der Waals surface area contributed by atoms with E-state index in [0.717, 1.165) is 37.9 Å². The van der Waals surface area contributed by atoms with E-state index in [4.69, 9.17) is 0 Å². The first-order valence-electron chi connectivity index (χ1n) is 8.17. The van der Waals surface area contributed by atoms with Crippen LogP contribution < -0.4 is 5.32 Å². The molecule has 2 aliphatic rings. The van der Waals surface area contributed by atoms with Gasteiger partial charge in [-0.05, 0) is 36.9 Å². The van der Waals surface area contributed by atoms with Crippen molar-refractivity contribution in [2.24, 2.45) is 0 Å². The Bertz CT molecular complexity index is 618. The minimum absolute atomic E-state index is 0. The number of fused-ring (bicyclic) bond motifs is 1. The summed E-state index contributed by atoms with van der Waals surface area (Å²) in [4.78, 5) is 0. The number of hydrogen-bond acceptors (Lipinski definition) is 3. The molecule has 3 rings (SSSR count). The molecular weight excluding hydrogens is 334 g/mol. The molecule has 1 unspecified atom stereocenters. The molecule has 1 aromatic rings. The van der Waals surface area contributed by atoms with Crippen molar-refractivity contribution in [2.75, 3.05) is 26.2 Å². The van der Waals surface area contributed by atoms with Crippen molar-refractivity contribution in [1.29, 1.82) is 0 Å². The van der Waals surface area contributed by atoms with Gasteiger partial charge in [0.05, 0.1) is 0 Å². The summed E-state index contributed by atoms with van der Waals surface area (Å²) in [5, 5.41) is 3.28. The lowest BCUT2D eigenvalue weighted by atomic mass is 10.0. The van der Waals surface area contributed by atoms with E-state index in [1.165, 1.54) is 5.56 Å². The first-order chi connectivity index (χ1) is 10.6. The third kappa shape index (κ3) is 3.88. The summed E-state index contributed by atoms with van der Waals surface area (Å²) in [5.41, 5.74) is 2.41. The van der Waals surface area contributed by atoms with Gasteiger partial charge in [0, 0.05) is 32.2 Å². The van der Waals surface area contributed by atoms with E-state index >= 15 is 0 Å². The first kappa shape index (κ1) is 18.7. The topological polar surface area (TPSA) is 52.7 Å². The SMILES string of the molecule is CCCN(C1CCNC1)S(=O)(=O)N1CCc2ccccc2C1.Cl. The molecule has 0 aliphatic carbocycles. The lowest BCUT2D eigenvalue weighted by Gasteiger charge is -2.35. The van der Waals surface area contributed by atoms with E-state index in [0.29, 0.717) is 19.6 Å². The van der Waals surface area contributed by atoms with Gasteiger partial charge in [0.25, 0.3) is 10.2 Å². The number of hydrogen-bond donors (Lipinski definition) is 1. The van der Waals surface area contributed by atoms with E-state index in [-0.39, 0.29) is 18.4 Å². The van der Waals surface area contributed by atoms with Crippen molar-refractivity contribution in [1.82, 2.24) is 13.9 Å². The highest BCUT2D eigenvalue weighted by atomic mass is 35.5. The molecule has 1 fully saturated rings. The van der Waals surface area contributed by atoms with Gasteiger partial charge >= 0.3 is 0 Å². The van der Waals surface area contributed by atoms with Gasteiger partial charge in [0.1, 0.15) is 0 Å². The standard InChI is InChI=1S/C16H25N3O2S.ClH/c1-2-10-19(16-7-9-17-12-16)22(20,21)18-11-8-14-5-3-4-6-15(14)13-18;/h3-6,16-17H,2,7-13H2,1H3;1H. The van der Waals surface area contributed by atoms with Crippen molar-refractivity contribution in [3.8, 4) is 0 Å².